The van der Waals surface area contributed by atoms with Crippen LogP contribution in [0.4, 0.5) is 5.69 Å². The number of carbonyl (C=O) groups is 1. The molecule has 0 spiro atoms. The molecule has 5 N–H and O–H groups in total. The molecule has 0 aromatic heterocycles. The molecule has 5 nitrogen and oxygen atoms in total. The second-order valence-electron chi connectivity index (χ2n) is 8.31. The fourth-order valence-electron chi connectivity index (χ4n) is 4.36. The van der Waals surface area contributed by atoms with E-state index in [2.05, 4.69) is 41.0 Å². The number of hydrogen-bond donors (Lipinski definition) is 4. The first kappa shape index (κ1) is 20.9. The molecule has 31 heavy (non-hydrogen) atoms. The Morgan fingerprint density at radius 2 is 1.81 bits per heavy atom. The van der Waals surface area contributed by atoms with Gasteiger partial charge in [-0.3, -0.25) is 4.79 Å². The summed E-state index contributed by atoms with van der Waals surface area (Å²) >= 11 is 0. The number of phenolic OH excluding ortho intramolecular Hbond substituents is 1. The Hall–Kier alpha value is -3.31. The minimum absolute atomic E-state index is 0.0829. The summed E-state index contributed by atoms with van der Waals surface area (Å²) in [6, 6.07) is 19.3. The van der Waals surface area contributed by atoms with Gasteiger partial charge >= 0.3 is 0 Å². The van der Waals surface area contributed by atoms with Crippen LogP contribution in [0, 0.1) is 13.8 Å². The monoisotopic (exact) mass is 415 g/mol. The highest BCUT2D eigenvalue weighted by Crippen LogP contribution is 2.34. The third-order valence-electron chi connectivity index (χ3n) is 6.04. The van der Waals surface area contributed by atoms with Crippen LogP contribution in [-0.4, -0.2) is 23.6 Å². The first-order valence-electron chi connectivity index (χ1n) is 10.7. The van der Waals surface area contributed by atoms with Gasteiger partial charge in [0.2, 0.25) is 5.91 Å². The maximum atomic E-state index is 13.0. The quantitative estimate of drug-likeness (QED) is 0.502. The van der Waals surface area contributed by atoms with Crippen molar-refractivity contribution >= 4 is 11.6 Å². The van der Waals surface area contributed by atoms with Gasteiger partial charge in [-0.1, -0.05) is 36.4 Å². The lowest BCUT2D eigenvalue weighted by Crippen LogP contribution is -2.44. The predicted octanol–water partition coefficient (Wildman–Crippen LogP) is 4.22. The van der Waals surface area contributed by atoms with Crippen molar-refractivity contribution in [2.45, 2.75) is 38.8 Å². The van der Waals surface area contributed by atoms with Crippen LogP contribution in [0.25, 0.3) is 11.1 Å². The third kappa shape index (κ3) is 4.57. The largest absolute Gasteiger partial charge is 0.508 e. The highest BCUT2D eigenvalue weighted by atomic mass is 16.3. The zero-order valence-corrected chi connectivity index (χ0v) is 18.0. The maximum absolute atomic E-state index is 13.0. The number of aromatic hydroxyl groups is 1. The Labute approximate surface area is 183 Å². The molecule has 5 heteroatoms. The van der Waals surface area contributed by atoms with E-state index >= 15 is 0 Å². The van der Waals surface area contributed by atoms with Crippen LogP contribution in [-0.2, 0) is 11.2 Å². The third-order valence-corrected chi connectivity index (χ3v) is 6.04. The number of hydrogen-bond acceptors (Lipinski definition) is 4. The van der Waals surface area contributed by atoms with Gasteiger partial charge in [-0.15, -0.1) is 0 Å². The molecular weight excluding hydrogens is 386 g/mol. The average Bonchev–Trinajstić information content (AvgIpc) is 2.76. The first-order valence-corrected chi connectivity index (χ1v) is 10.7. The number of carbonyl (C=O) groups excluding carboxylic acids is 1. The summed E-state index contributed by atoms with van der Waals surface area (Å²) in [5.74, 6) is 0.0761. The van der Waals surface area contributed by atoms with E-state index in [9.17, 15) is 9.90 Å². The standard InChI is InChI=1S/C26H29N3O2/c1-16-12-20(30)13-17(2)21(16)15-23(27)26(31)29-25-10-11-28-24-9-8-19(14-22(24)25)18-6-4-3-5-7-18/h3-9,12-14,23,25,28,30H,10-11,15,27H2,1-2H3,(H,29,31). The lowest BCUT2D eigenvalue weighted by Gasteiger charge is -2.29. The molecule has 0 bridgehead atoms. The number of aryl methyl sites for hydroxylation is 2. The molecule has 0 saturated heterocycles. The van der Waals surface area contributed by atoms with Crippen LogP contribution < -0.4 is 16.4 Å². The molecule has 1 aliphatic rings. The van der Waals surface area contributed by atoms with Crippen LogP contribution in [0.5, 0.6) is 5.75 Å². The van der Waals surface area contributed by atoms with Crippen LogP contribution in [0.2, 0.25) is 0 Å². The number of anilines is 1. The highest BCUT2D eigenvalue weighted by Gasteiger charge is 2.25. The zero-order chi connectivity index (χ0) is 22.0. The van der Waals surface area contributed by atoms with E-state index in [1.54, 1.807) is 12.1 Å². The molecule has 0 saturated carbocycles. The Bertz CT molecular complexity index is 1070. The molecule has 4 rings (SSSR count). The Morgan fingerprint density at radius 1 is 1.10 bits per heavy atom. The Balaban J connectivity index is 1.52. The van der Waals surface area contributed by atoms with E-state index in [1.165, 1.54) is 0 Å². The van der Waals surface area contributed by atoms with Crippen molar-refractivity contribution in [3.05, 3.63) is 82.9 Å². The van der Waals surface area contributed by atoms with Gasteiger partial charge in [-0.2, -0.15) is 0 Å². The van der Waals surface area contributed by atoms with E-state index in [0.717, 1.165) is 52.0 Å². The van der Waals surface area contributed by atoms with Crippen molar-refractivity contribution in [2.75, 3.05) is 11.9 Å². The summed E-state index contributed by atoms with van der Waals surface area (Å²) in [7, 11) is 0. The highest BCUT2D eigenvalue weighted by molar-refractivity contribution is 5.83. The molecule has 1 heterocycles. The lowest BCUT2D eigenvalue weighted by molar-refractivity contribution is -0.123. The fraction of sp³-hybridized carbons (Fsp3) is 0.269. The maximum Gasteiger partial charge on any atom is 0.237 e. The molecule has 1 amide bonds. The average molecular weight is 416 g/mol. The van der Waals surface area contributed by atoms with Crippen LogP contribution in [0.3, 0.4) is 0 Å². The summed E-state index contributed by atoms with van der Waals surface area (Å²) in [6.07, 6.45) is 1.24. The van der Waals surface area contributed by atoms with Gasteiger partial charge in [0.15, 0.2) is 0 Å². The smallest absolute Gasteiger partial charge is 0.237 e. The van der Waals surface area contributed by atoms with Crippen LogP contribution in [0.1, 0.15) is 34.7 Å². The Kier molecular flexibility index (Phi) is 5.96. The molecule has 3 aromatic carbocycles. The second kappa shape index (κ2) is 8.82. The summed E-state index contributed by atoms with van der Waals surface area (Å²) in [5, 5.41) is 16.4. The minimum atomic E-state index is -0.655. The van der Waals surface area contributed by atoms with Crippen molar-refractivity contribution in [2.24, 2.45) is 5.73 Å². The number of nitrogens with two attached hydrogens (primary N) is 1. The van der Waals surface area contributed by atoms with E-state index in [-0.39, 0.29) is 17.7 Å². The van der Waals surface area contributed by atoms with Crippen LogP contribution >= 0.6 is 0 Å². The first-order chi connectivity index (χ1) is 14.9. The molecule has 3 aromatic rings. The summed E-state index contributed by atoms with van der Waals surface area (Å²) < 4.78 is 0. The summed E-state index contributed by atoms with van der Waals surface area (Å²) in [6.45, 7) is 4.66. The van der Waals surface area contributed by atoms with Gasteiger partial charge in [-0.05, 0) is 84.3 Å². The normalized spacial score (nSPS) is 16.2. The second-order valence-corrected chi connectivity index (χ2v) is 8.31. The number of amides is 1. The van der Waals surface area contributed by atoms with Crippen molar-refractivity contribution < 1.29 is 9.90 Å². The molecule has 2 unspecified atom stereocenters. The molecule has 2 atom stereocenters. The SMILES string of the molecule is Cc1cc(O)cc(C)c1CC(N)C(=O)NC1CCNc2ccc(-c3ccccc3)cc21. The van der Waals surface area contributed by atoms with Crippen molar-refractivity contribution in [1.29, 1.82) is 0 Å². The van der Waals surface area contributed by atoms with Crippen molar-refractivity contribution in [3.8, 4) is 16.9 Å². The van der Waals surface area contributed by atoms with Crippen LogP contribution in [0.15, 0.2) is 60.7 Å². The van der Waals surface area contributed by atoms with Gasteiger partial charge in [-0.25, -0.2) is 0 Å². The topological polar surface area (TPSA) is 87.4 Å². The van der Waals surface area contributed by atoms with Crippen molar-refractivity contribution in [1.82, 2.24) is 5.32 Å². The summed E-state index contributed by atoms with van der Waals surface area (Å²) in [5.41, 5.74) is 13.6. The fourth-order valence-corrected chi connectivity index (χ4v) is 4.36. The van der Waals surface area contributed by atoms with Gasteiger partial charge in [0.25, 0.3) is 0 Å². The van der Waals surface area contributed by atoms with E-state index < -0.39 is 6.04 Å². The Morgan fingerprint density at radius 3 is 2.52 bits per heavy atom. The molecule has 1 aliphatic heterocycles. The number of fused-ring (bicyclic) bond motifs is 1. The van der Waals surface area contributed by atoms with Crippen molar-refractivity contribution in [3.63, 3.8) is 0 Å². The molecular formula is C26H29N3O2. The lowest BCUT2D eigenvalue weighted by atomic mass is 9.92. The number of phenols is 1. The number of nitrogens with one attached hydrogen (secondary N) is 2. The number of benzene rings is 3. The molecule has 0 fully saturated rings. The molecule has 0 radical (unpaired) electrons. The van der Waals surface area contributed by atoms with E-state index in [0.29, 0.717) is 6.42 Å². The number of rotatable bonds is 5. The van der Waals surface area contributed by atoms with E-state index in [1.807, 2.05) is 32.0 Å². The van der Waals surface area contributed by atoms with Gasteiger partial charge in [0.05, 0.1) is 12.1 Å². The minimum Gasteiger partial charge on any atom is -0.508 e. The molecule has 160 valence electrons. The zero-order valence-electron chi connectivity index (χ0n) is 18.0. The van der Waals surface area contributed by atoms with Gasteiger partial charge in [0.1, 0.15) is 5.75 Å². The summed E-state index contributed by atoms with van der Waals surface area (Å²) in [4.78, 5) is 13.0. The predicted molar refractivity (Wildman–Crippen MR) is 125 cm³/mol. The van der Waals surface area contributed by atoms with E-state index in [4.69, 9.17) is 5.73 Å². The van der Waals surface area contributed by atoms with Gasteiger partial charge < -0.3 is 21.5 Å². The van der Waals surface area contributed by atoms with Gasteiger partial charge in [0, 0.05) is 12.2 Å². The molecule has 0 aliphatic carbocycles.